The SMILES string of the molecule is N#CC1(CNc2ccnc(-c3ccnc(N)n3)n2)CCOCC1. The second-order valence-electron chi connectivity index (χ2n) is 5.42. The number of ether oxygens (including phenoxy) is 1. The molecule has 2 aromatic heterocycles. The predicted octanol–water partition coefficient (Wildman–Crippen LogP) is 1.25. The molecular weight excluding hydrogens is 294 g/mol. The van der Waals surface area contributed by atoms with Gasteiger partial charge in [-0.05, 0) is 25.0 Å². The minimum atomic E-state index is -0.414. The fourth-order valence-corrected chi connectivity index (χ4v) is 2.43. The summed E-state index contributed by atoms with van der Waals surface area (Å²) in [6, 6.07) is 5.88. The molecule has 0 unspecified atom stereocenters. The number of nitrogens with one attached hydrogen (secondary N) is 1. The molecule has 1 saturated heterocycles. The van der Waals surface area contributed by atoms with Gasteiger partial charge < -0.3 is 15.8 Å². The molecule has 0 spiro atoms. The molecule has 1 aliphatic heterocycles. The Morgan fingerprint density at radius 3 is 2.74 bits per heavy atom. The summed E-state index contributed by atoms with van der Waals surface area (Å²) in [6.45, 7) is 1.75. The van der Waals surface area contributed by atoms with Gasteiger partial charge in [0.25, 0.3) is 0 Å². The Hall–Kier alpha value is -2.79. The van der Waals surface area contributed by atoms with E-state index >= 15 is 0 Å². The lowest BCUT2D eigenvalue weighted by molar-refractivity contribution is 0.0455. The van der Waals surface area contributed by atoms with E-state index in [9.17, 15) is 5.26 Å². The fraction of sp³-hybridized carbons (Fsp3) is 0.400. The molecule has 0 saturated carbocycles. The zero-order valence-corrected chi connectivity index (χ0v) is 12.6. The lowest BCUT2D eigenvalue weighted by atomic mass is 9.82. The van der Waals surface area contributed by atoms with Crippen molar-refractivity contribution in [2.45, 2.75) is 12.8 Å². The Morgan fingerprint density at radius 1 is 1.22 bits per heavy atom. The van der Waals surface area contributed by atoms with Gasteiger partial charge in [-0.25, -0.2) is 19.9 Å². The summed E-state index contributed by atoms with van der Waals surface area (Å²) in [5, 5.41) is 12.7. The molecule has 3 N–H and O–H groups in total. The fourth-order valence-electron chi connectivity index (χ4n) is 2.43. The van der Waals surface area contributed by atoms with E-state index in [0.717, 1.165) is 12.8 Å². The van der Waals surface area contributed by atoms with Crippen LogP contribution in [0.1, 0.15) is 12.8 Å². The van der Waals surface area contributed by atoms with E-state index in [4.69, 9.17) is 10.5 Å². The first-order valence-electron chi connectivity index (χ1n) is 7.36. The van der Waals surface area contributed by atoms with E-state index in [2.05, 4.69) is 31.3 Å². The number of anilines is 2. The number of nitrogen functional groups attached to an aromatic ring is 1. The highest BCUT2D eigenvalue weighted by Crippen LogP contribution is 2.29. The van der Waals surface area contributed by atoms with Crippen molar-refractivity contribution in [1.82, 2.24) is 19.9 Å². The topological polar surface area (TPSA) is 123 Å². The van der Waals surface area contributed by atoms with Crippen LogP contribution in [0.15, 0.2) is 24.5 Å². The second kappa shape index (κ2) is 6.54. The zero-order chi connectivity index (χ0) is 16.1. The molecule has 8 heteroatoms. The molecule has 0 amide bonds. The van der Waals surface area contributed by atoms with E-state index in [1.54, 1.807) is 24.5 Å². The van der Waals surface area contributed by atoms with Crippen molar-refractivity contribution in [2.75, 3.05) is 30.8 Å². The molecule has 0 radical (unpaired) electrons. The van der Waals surface area contributed by atoms with Crippen molar-refractivity contribution in [2.24, 2.45) is 5.41 Å². The van der Waals surface area contributed by atoms with Crippen LogP contribution in [0.2, 0.25) is 0 Å². The van der Waals surface area contributed by atoms with Crippen LogP contribution in [-0.4, -0.2) is 39.7 Å². The third-order valence-corrected chi connectivity index (χ3v) is 3.85. The average molecular weight is 311 g/mol. The summed E-state index contributed by atoms with van der Waals surface area (Å²) in [7, 11) is 0. The smallest absolute Gasteiger partial charge is 0.220 e. The van der Waals surface area contributed by atoms with Crippen LogP contribution in [0, 0.1) is 16.7 Å². The van der Waals surface area contributed by atoms with Crippen molar-refractivity contribution in [3.05, 3.63) is 24.5 Å². The van der Waals surface area contributed by atoms with Crippen LogP contribution in [0.25, 0.3) is 11.5 Å². The molecule has 23 heavy (non-hydrogen) atoms. The summed E-state index contributed by atoms with van der Waals surface area (Å²) in [5.74, 6) is 1.28. The maximum atomic E-state index is 9.47. The highest BCUT2D eigenvalue weighted by Gasteiger charge is 2.32. The normalized spacial score (nSPS) is 16.5. The molecule has 0 aliphatic carbocycles. The zero-order valence-electron chi connectivity index (χ0n) is 12.6. The van der Waals surface area contributed by atoms with Crippen molar-refractivity contribution in [1.29, 1.82) is 5.26 Å². The van der Waals surface area contributed by atoms with E-state index in [-0.39, 0.29) is 5.95 Å². The van der Waals surface area contributed by atoms with Crippen molar-refractivity contribution in [3.63, 3.8) is 0 Å². The van der Waals surface area contributed by atoms with Crippen LogP contribution in [0.3, 0.4) is 0 Å². The molecular formula is C15H17N7O. The number of rotatable bonds is 4. The summed E-state index contributed by atoms with van der Waals surface area (Å²) >= 11 is 0. The van der Waals surface area contributed by atoms with E-state index < -0.39 is 5.41 Å². The maximum Gasteiger partial charge on any atom is 0.220 e. The first-order valence-corrected chi connectivity index (χ1v) is 7.36. The molecule has 0 atom stereocenters. The lowest BCUT2D eigenvalue weighted by Crippen LogP contribution is -2.34. The van der Waals surface area contributed by atoms with Gasteiger partial charge in [-0.15, -0.1) is 0 Å². The van der Waals surface area contributed by atoms with Gasteiger partial charge in [-0.1, -0.05) is 0 Å². The van der Waals surface area contributed by atoms with Crippen LogP contribution in [0.4, 0.5) is 11.8 Å². The van der Waals surface area contributed by atoms with Gasteiger partial charge in [-0.3, -0.25) is 0 Å². The minimum absolute atomic E-state index is 0.176. The van der Waals surface area contributed by atoms with Crippen molar-refractivity contribution < 1.29 is 4.74 Å². The molecule has 0 aromatic carbocycles. The molecule has 118 valence electrons. The van der Waals surface area contributed by atoms with Gasteiger partial charge >= 0.3 is 0 Å². The summed E-state index contributed by atoms with van der Waals surface area (Å²) in [6.07, 6.45) is 4.65. The Balaban J connectivity index is 1.74. The number of hydrogen-bond donors (Lipinski definition) is 2. The van der Waals surface area contributed by atoms with Gasteiger partial charge in [0, 0.05) is 32.2 Å². The average Bonchev–Trinajstić information content (AvgIpc) is 2.61. The number of hydrogen-bond acceptors (Lipinski definition) is 8. The minimum Gasteiger partial charge on any atom is -0.381 e. The summed E-state index contributed by atoms with van der Waals surface area (Å²) in [4.78, 5) is 16.6. The van der Waals surface area contributed by atoms with Crippen LogP contribution >= 0.6 is 0 Å². The molecule has 1 aliphatic rings. The Morgan fingerprint density at radius 2 is 2.00 bits per heavy atom. The van der Waals surface area contributed by atoms with Crippen molar-refractivity contribution in [3.8, 4) is 17.6 Å². The lowest BCUT2D eigenvalue weighted by Gasteiger charge is -2.30. The van der Waals surface area contributed by atoms with Crippen LogP contribution in [0.5, 0.6) is 0 Å². The number of nitrogens with zero attached hydrogens (tertiary/aromatic N) is 5. The summed E-state index contributed by atoms with van der Waals surface area (Å²) in [5.41, 5.74) is 5.73. The van der Waals surface area contributed by atoms with Gasteiger partial charge in [0.1, 0.15) is 11.5 Å². The Kier molecular flexibility index (Phi) is 4.30. The molecule has 3 heterocycles. The standard InChI is InChI=1S/C15H17N7O/c16-9-15(3-7-23-8-4-15)10-20-12-2-6-18-13(22-12)11-1-5-19-14(17)21-11/h1-2,5-6H,3-4,7-8,10H2,(H2,17,19,21)(H,18,20,22). The Labute approximate surface area is 133 Å². The van der Waals surface area contributed by atoms with Gasteiger partial charge in [0.05, 0.1) is 11.5 Å². The predicted molar refractivity (Wildman–Crippen MR) is 84.1 cm³/mol. The van der Waals surface area contributed by atoms with E-state index in [0.29, 0.717) is 37.1 Å². The molecule has 1 fully saturated rings. The molecule has 2 aromatic rings. The van der Waals surface area contributed by atoms with Crippen LogP contribution < -0.4 is 11.1 Å². The van der Waals surface area contributed by atoms with Gasteiger partial charge in [0.2, 0.25) is 5.95 Å². The molecule has 8 nitrogen and oxygen atoms in total. The first kappa shape index (κ1) is 15.1. The number of nitriles is 1. The van der Waals surface area contributed by atoms with Gasteiger partial charge in [-0.2, -0.15) is 5.26 Å². The highest BCUT2D eigenvalue weighted by atomic mass is 16.5. The monoisotopic (exact) mass is 311 g/mol. The second-order valence-corrected chi connectivity index (χ2v) is 5.42. The Bertz CT molecular complexity index is 722. The number of nitrogens with two attached hydrogens (primary N) is 1. The summed E-state index contributed by atoms with van der Waals surface area (Å²) < 4.78 is 5.34. The largest absolute Gasteiger partial charge is 0.381 e. The quantitative estimate of drug-likeness (QED) is 0.864. The van der Waals surface area contributed by atoms with Crippen molar-refractivity contribution >= 4 is 11.8 Å². The first-order chi connectivity index (χ1) is 11.2. The molecule has 0 bridgehead atoms. The highest BCUT2D eigenvalue weighted by molar-refractivity contribution is 5.52. The third kappa shape index (κ3) is 3.52. The van der Waals surface area contributed by atoms with E-state index in [1.165, 1.54) is 0 Å². The van der Waals surface area contributed by atoms with E-state index in [1.807, 2.05) is 0 Å². The van der Waals surface area contributed by atoms with Gasteiger partial charge in [0.15, 0.2) is 5.82 Å². The third-order valence-electron chi connectivity index (χ3n) is 3.85. The number of aromatic nitrogens is 4. The van der Waals surface area contributed by atoms with Crippen LogP contribution in [-0.2, 0) is 4.74 Å². The molecule has 3 rings (SSSR count). The maximum absolute atomic E-state index is 9.47.